The molecule has 2 aromatic rings. The Labute approximate surface area is 162 Å². The van der Waals surface area contributed by atoms with E-state index >= 15 is 0 Å². The highest BCUT2D eigenvalue weighted by Gasteiger charge is 2.46. The first-order chi connectivity index (χ1) is 13.1. The summed E-state index contributed by atoms with van der Waals surface area (Å²) in [6, 6.07) is 16.2. The third kappa shape index (κ3) is 3.42. The van der Waals surface area contributed by atoms with Crippen LogP contribution in [0.25, 0.3) is 0 Å². The van der Waals surface area contributed by atoms with Crippen molar-refractivity contribution < 1.29 is 9.53 Å². The molecule has 0 saturated heterocycles. The first kappa shape index (κ1) is 18.3. The minimum Gasteiger partial charge on any atom is -0.457 e. The molecule has 0 N–H and O–H groups in total. The van der Waals surface area contributed by atoms with E-state index < -0.39 is 0 Å². The van der Waals surface area contributed by atoms with Crippen LogP contribution in [0.5, 0.6) is 11.5 Å². The summed E-state index contributed by atoms with van der Waals surface area (Å²) in [5.41, 5.74) is 2.56. The molecular formula is C25H30O2. The molecule has 0 aliphatic heterocycles. The van der Waals surface area contributed by atoms with Gasteiger partial charge in [0.15, 0.2) is 5.78 Å². The maximum Gasteiger partial charge on any atom is 0.162 e. The normalized spacial score (nSPS) is 27.2. The molecule has 0 heterocycles. The van der Waals surface area contributed by atoms with Crippen molar-refractivity contribution in [3.63, 3.8) is 0 Å². The van der Waals surface area contributed by atoms with Gasteiger partial charge in [-0.2, -0.15) is 0 Å². The summed E-state index contributed by atoms with van der Waals surface area (Å²) in [7, 11) is 0. The van der Waals surface area contributed by atoms with E-state index in [2.05, 4.69) is 31.2 Å². The maximum absolute atomic E-state index is 11.7. The van der Waals surface area contributed by atoms with Crippen LogP contribution in [0.1, 0.15) is 74.7 Å². The average Bonchev–Trinajstić information content (AvgIpc) is 2.68. The monoisotopic (exact) mass is 362 g/mol. The molecule has 142 valence electrons. The lowest BCUT2D eigenvalue weighted by atomic mass is 9.53. The van der Waals surface area contributed by atoms with E-state index in [1.807, 2.05) is 31.2 Å². The molecule has 2 nitrogen and oxygen atoms in total. The van der Waals surface area contributed by atoms with Gasteiger partial charge in [0.25, 0.3) is 0 Å². The Morgan fingerprint density at radius 1 is 0.889 bits per heavy atom. The van der Waals surface area contributed by atoms with Crippen LogP contribution in [0.4, 0.5) is 0 Å². The molecule has 2 aliphatic carbocycles. The van der Waals surface area contributed by atoms with Gasteiger partial charge in [0.1, 0.15) is 11.5 Å². The molecule has 2 heteroatoms. The molecule has 0 aromatic heterocycles. The fraction of sp³-hybridized carbons (Fsp3) is 0.480. The number of ether oxygens (including phenoxy) is 1. The van der Waals surface area contributed by atoms with Crippen LogP contribution in [-0.4, -0.2) is 5.78 Å². The molecule has 27 heavy (non-hydrogen) atoms. The van der Waals surface area contributed by atoms with Crippen LogP contribution >= 0.6 is 0 Å². The lowest BCUT2D eigenvalue weighted by Crippen LogP contribution is -2.45. The summed E-state index contributed by atoms with van der Waals surface area (Å²) in [6.07, 6.45) is 8.87. The van der Waals surface area contributed by atoms with E-state index in [9.17, 15) is 4.79 Å². The molecule has 0 unspecified atom stereocenters. The van der Waals surface area contributed by atoms with Gasteiger partial charge in [0.2, 0.25) is 0 Å². The molecule has 2 saturated carbocycles. The Balaban J connectivity index is 1.50. The van der Waals surface area contributed by atoms with Gasteiger partial charge in [-0.25, -0.2) is 0 Å². The van der Waals surface area contributed by atoms with Gasteiger partial charge >= 0.3 is 0 Å². The molecular weight excluding hydrogens is 332 g/mol. The molecule has 4 rings (SSSR count). The third-order valence-corrected chi connectivity index (χ3v) is 7.12. The highest BCUT2D eigenvalue weighted by atomic mass is 16.5. The van der Waals surface area contributed by atoms with Gasteiger partial charge < -0.3 is 4.74 Å². The summed E-state index contributed by atoms with van der Waals surface area (Å²) in [5, 5.41) is 0. The summed E-state index contributed by atoms with van der Waals surface area (Å²) >= 11 is 0. The summed E-state index contributed by atoms with van der Waals surface area (Å²) < 4.78 is 6.00. The smallest absolute Gasteiger partial charge is 0.162 e. The SMILES string of the molecule is CCC(=O)c1ccc(Oc2ccc(C3(C)C4CCCC3CCC4)cc2)cc1. The van der Waals surface area contributed by atoms with Crippen molar-refractivity contribution in [1.29, 1.82) is 0 Å². The van der Waals surface area contributed by atoms with Gasteiger partial charge in [0, 0.05) is 12.0 Å². The zero-order chi connectivity index (χ0) is 18.9. The highest BCUT2D eigenvalue weighted by Crippen LogP contribution is 2.54. The van der Waals surface area contributed by atoms with Gasteiger partial charge in [-0.05, 0) is 84.9 Å². The predicted molar refractivity (Wildman–Crippen MR) is 110 cm³/mol. The Kier molecular flexibility index (Phi) is 5.08. The summed E-state index contributed by atoms with van der Waals surface area (Å²) in [5.74, 6) is 3.46. The fourth-order valence-electron chi connectivity index (χ4n) is 5.45. The minimum atomic E-state index is 0.164. The number of hydrogen-bond donors (Lipinski definition) is 0. The topological polar surface area (TPSA) is 26.3 Å². The molecule has 0 radical (unpaired) electrons. The molecule has 0 amide bonds. The Hall–Kier alpha value is -2.09. The van der Waals surface area contributed by atoms with Crippen LogP contribution in [-0.2, 0) is 5.41 Å². The quantitative estimate of drug-likeness (QED) is 0.539. The van der Waals surface area contributed by atoms with Gasteiger partial charge in [0.05, 0.1) is 0 Å². The lowest BCUT2D eigenvalue weighted by Gasteiger charge is -2.52. The number of carbonyl (C=O) groups is 1. The van der Waals surface area contributed by atoms with E-state index in [0.29, 0.717) is 11.8 Å². The predicted octanol–water partition coefficient (Wildman–Crippen LogP) is 6.93. The van der Waals surface area contributed by atoms with Gasteiger partial charge in [-0.1, -0.05) is 38.8 Å². The third-order valence-electron chi connectivity index (χ3n) is 7.12. The van der Waals surface area contributed by atoms with E-state index in [-0.39, 0.29) is 5.78 Å². The lowest BCUT2D eigenvalue weighted by molar-refractivity contribution is 0.0666. The van der Waals surface area contributed by atoms with Crippen LogP contribution in [0, 0.1) is 11.8 Å². The van der Waals surface area contributed by atoms with Crippen LogP contribution in [0.3, 0.4) is 0 Å². The minimum absolute atomic E-state index is 0.164. The van der Waals surface area contributed by atoms with Crippen molar-refractivity contribution in [1.82, 2.24) is 0 Å². The van der Waals surface area contributed by atoms with Crippen LogP contribution in [0.15, 0.2) is 48.5 Å². The first-order valence-corrected chi connectivity index (χ1v) is 10.5. The van der Waals surface area contributed by atoms with Crippen molar-refractivity contribution in [2.45, 2.75) is 64.2 Å². The summed E-state index contributed by atoms with van der Waals surface area (Å²) in [6.45, 7) is 4.38. The molecule has 2 aromatic carbocycles. The van der Waals surface area contributed by atoms with Gasteiger partial charge in [-0.15, -0.1) is 0 Å². The Morgan fingerprint density at radius 2 is 1.37 bits per heavy atom. The average molecular weight is 363 g/mol. The number of hydrogen-bond acceptors (Lipinski definition) is 2. The Morgan fingerprint density at radius 3 is 1.85 bits per heavy atom. The Bertz CT molecular complexity index is 766. The molecule has 2 bridgehead atoms. The van der Waals surface area contributed by atoms with Crippen molar-refractivity contribution in [2.24, 2.45) is 11.8 Å². The molecule has 2 aliphatic rings. The zero-order valence-corrected chi connectivity index (χ0v) is 16.5. The van der Waals surface area contributed by atoms with E-state index in [1.165, 1.54) is 44.1 Å². The number of rotatable bonds is 5. The van der Waals surface area contributed by atoms with Crippen molar-refractivity contribution >= 4 is 5.78 Å². The van der Waals surface area contributed by atoms with E-state index in [0.717, 1.165) is 28.9 Å². The number of fused-ring (bicyclic) bond motifs is 2. The number of Topliss-reactive ketones (excluding diaryl/α,β-unsaturated/α-hetero) is 1. The maximum atomic E-state index is 11.7. The highest BCUT2D eigenvalue weighted by molar-refractivity contribution is 5.95. The standard InChI is InChI=1S/C25H30O2/c1-3-24(26)18-10-14-22(15-11-18)27-23-16-12-21(13-17-23)25(2)19-6-4-7-20(25)9-5-8-19/h10-17,19-20H,3-9H2,1-2H3. The zero-order valence-electron chi connectivity index (χ0n) is 16.5. The summed E-state index contributed by atoms with van der Waals surface area (Å²) in [4.78, 5) is 11.7. The number of carbonyl (C=O) groups excluding carboxylic acids is 1. The first-order valence-electron chi connectivity index (χ1n) is 10.5. The van der Waals surface area contributed by atoms with E-state index in [4.69, 9.17) is 4.74 Å². The second kappa shape index (κ2) is 7.50. The number of benzene rings is 2. The van der Waals surface area contributed by atoms with Crippen LogP contribution in [0.2, 0.25) is 0 Å². The largest absolute Gasteiger partial charge is 0.457 e. The van der Waals surface area contributed by atoms with Crippen molar-refractivity contribution in [3.05, 3.63) is 59.7 Å². The number of ketones is 1. The van der Waals surface area contributed by atoms with Crippen molar-refractivity contribution in [2.75, 3.05) is 0 Å². The second-order valence-corrected chi connectivity index (χ2v) is 8.47. The second-order valence-electron chi connectivity index (χ2n) is 8.47. The molecule has 0 atom stereocenters. The van der Waals surface area contributed by atoms with E-state index in [1.54, 1.807) is 0 Å². The fourth-order valence-corrected chi connectivity index (χ4v) is 5.45. The van der Waals surface area contributed by atoms with Crippen LogP contribution < -0.4 is 4.74 Å². The molecule has 2 fully saturated rings. The molecule has 0 spiro atoms. The van der Waals surface area contributed by atoms with Gasteiger partial charge in [-0.3, -0.25) is 4.79 Å². The van der Waals surface area contributed by atoms with Crippen molar-refractivity contribution in [3.8, 4) is 11.5 Å².